The lowest BCUT2D eigenvalue weighted by Crippen LogP contribution is -2.41. The number of rotatable bonds is 19. The fourth-order valence-electron chi connectivity index (χ4n) is 4.52. The number of ether oxygens (including phenoxy) is 3. The van der Waals surface area contributed by atoms with E-state index in [1.807, 2.05) is 39.8 Å². The smallest absolute Gasteiger partial charge is 0.310 e. The Labute approximate surface area is 200 Å². The number of carboxylic acid groups (broad SMARTS) is 1. The van der Waals surface area contributed by atoms with Crippen molar-refractivity contribution >= 4 is 5.97 Å². The highest BCUT2D eigenvalue weighted by molar-refractivity contribution is 5.75. The molecule has 33 heavy (non-hydrogen) atoms. The highest BCUT2D eigenvalue weighted by atomic mass is 16.5. The molecule has 0 amide bonds. The highest BCUT2D eigenvalue weighted by Crippen LogP contribution is 2.41. The number of aryl methyl sites for hydroxylation is 1. The molecule has 0 aliphatic rings. The van der Waals surface area contributed by atoms with Crippen LogP contribution in [0.15, 0.2) is 18.2 Å². The van der Waals surface area contributed by atoms with Crippen molar-refractivity contribution < 1.29 is 29.2 Å². The molecule has 0 bridgehead atoms. The molecule has 190 valence electrons. The van der Waals surface area contributed by atoms with E-state index in [1.165, 1.54) is 5.56 Å². The first-order valence-electron chi connectivity index (χ1n) is 12.5. The van der Waals surface area contributed by atoms with Crippen molar-refractivity contribution in [3.63, 3.8) is 0 Å². The Morgan fingerprint density at radius 1 is 0.879 bits per heavy atom. The van der Waals surface area contributed by atoms with Gasteiger partial charge in [0.2, 0.25) is 0 Å². The SMILES string of the molecule is COCCCOc1cc(CCCCCCC(C(=O)O)(C(C)C)C(C)C)ccc1OCCCO. The molecule has 0 radical (unpaired) electrons. The van der Waals surface area contributed by atoms with Gasteiger partial charge in [0.1, 0.15) is 0 Å². The van der Waals surface area contributed by atoms with Crippen LogP contribution in [0.25, 0.3) is 0 Å². The van der Waals surface area contributed by atoms with Gasteiger partial charge in [-0.2, -0.15) is 0 Å². The third-order valence-corrected chi connectivity index (χ3v) is 6.58. The van der Waals surface area contributed by atoms with Crippen LogP contribution in [-0.4, -0.2) is 49.7 Å². The topological polar surface area (TPSA) is 85.2 Å². The zero-order chi connectivity index (χ0) is 24.7. The van der Waals surface area contributed by atoms with Gasteiger partial charge in [-0.05, 0) is 48.8 Å². The van der Waals surface area contributed by atoms with Crippen LogP contribution in [0.1, 0.15) is 78.2 Å². The van der Waals surface area contributed by atoms with Crippen molar-refractivity contribution in [3.05, 3.63) is 23.8 Å². The van der Waals surface area contributed by atoms with Crippen LogP contribution in [0, 0.1) is 17.3 Å². The number of aliphatic hydroxyl groups is 1. The maximum Gasteiger partial charge on any atom is 0.310 e. The van der Waals surface area contributed by atoms with E-state index in [1.54, 1.807) is 7.11 Å². The number of unbranched alkanes of at least 4 members (excludes halogenated alkanes) is 3. The Kier molecular flexibility index (Phi) is 14.1. The number of hydrogen-bond donors (Lipinski definition) is 2. The summed E-state index contributed by atoms with van der Waals surface area (Å²) in [6.45, 7) is 9.88. The first kappa shape index (κ1) is 29.2. The lowest BCUT2D eigenvalue weighted by molar-refractivity contribution is -0.156. The number of benzene rings is 1. The van der Waals surface area contributed by atoms with Crippen LogP contribution in [-0.2, 0) is 16.0 Å². The number of hydrogen-bond acceptors (Lipinski definition) is 5. The molecule has 0 aliphatic carbocycles. The lowest BCUT2D eigenvalue weighted by Gasteiger charge is -2.37. The van der Waals surface area contributed by atoms with E-state index in [2.05, 4.69) is 6.07 Å². The summed E-state index contributed by atoms with van der Waals surface area (Å²) in [5.74, 6) is 1.02. The number of carbonyl (C=O) groups is 1. The molecule has 0 fully saturated rings. The molecule has 0 saturated heterocycles. The number of aliphatic carboxylic acids is 1. The standard InChI is InChI=1S/C27H46O6/c1-21(2)27(22(3)4,26(29)30)15-9-7-6-8-12-23-13-14-24(32-18-10-16-28)25(20-23)33-19-11-17-31-5/h13-14,20-22,28H,6-12,15-19H2,1-5H3,(H,29,30). The predicted octanol–water partition coefficient (Wildman–Crippen LogP) is 5.74. The zero-order valence-corrected chi connectivity index (χ0v) is 21.4. The molecule has 1 aromatic carbocycles. The van der Waals surface area contributed by atoms with Crippen LogP contribution in [0.2, 0.25) is 0 Å². The minimum Gasteiger partial charge on any atom is -0.490 e. The van der Waals surface area contributed by atoms with E-state index >= 15 is 0 Å². The molecule has 0 unspecified atom stereocenters. The van der Waals surface area contributed by atoms with E-state index in [0.717, 1.165) is 50.7 Å². The van der Waals surface area contributed by atoms with Crippen LogP contribution in [0.5, 0.6) is 11.5 Å². The summed E-state index contributed by atoms with van der Waals surface area (Å²) in [6, 6.07) is 6.07. The van der Waals surface area contributed by atoms with E-state index in [9.17, 15) is 9.90 Å². The molecule has 0 heterocycles. The molecule has 6 nitrogen and oxygen atoms in total. The van der Waals surface area contributed by atoms with Gasteiger partial charge in [-0.1, -0.05) is 53.0 Å². The molecule has 0 aliphatic heterocycles. The minimum atomic E-state index is -0.660. The van der Waals surface area contributed by atoms with E-state index < -0.39 is 11.4 Å². The second-order valence-electron chi connectivity index (χ2n) is 9.47. The summed E-state index contributed by atoms with van der Waals surface area (Å²) in [6.07, 6.45) is 7.18. The first-order valence-corrected chi connectivity index (χ1v) is 12.5. The Morgan fingerprint density at radius 2 is 1.52 bits per heavy atom. The van der Waals surface area contributed by atoms with Gasteiger partial charge in [0.05, 0.1) is 18.6 Å². The normalized spacial score (nSPS) is 11.9. The van der Waals surface area contributed by atoms with Crippen LogP contribution in [0.3, 0.4) is 0 Å². The third kappa shape index (κ3) is 9.54. The summed E-state index contributed by atoms with van der Waals surface area (Å²) in [5, 5.41) is 18.9. The van der Waals surface area contributed by atoms with E-state index in [0.29, 0.717) is 32.0 Å². The molecule has 1 rings (SSSR count). The van der Waals surface area contributed by atoms with Gasteiger partial charge in [0, 0.05) is 33.2 Å². The van der Waals surface area contributed by atoms with Crippen LogP contribution < -0.4 is 9.47 Å². The maximum absolute atomic E-state index is 12.0. The minimum absolute atomic E-state index is 0.101. The van der Waals surface area contributed by atoms with Crippen molar-refractivity contribution in [2.45, 2.75) is 79.1 Å². The summed E-state index contributed by atoms with van der Waals surface area (Å²) in [4.78, 5) is 12.0. The average Bonchev–Trinajstić information content (AvgIpc) is 2.76. The van der Waals surface area contributed by atoms with Gasteiger partial charge in [-0.25, -0.2) is 0 Å². The predicted molar refractivity (Wildman–Crippen MR) is 132 cm³/mol. The van der Waals surface area contributed by atoms with Gasteiger partial charge in [-0.3, -0.25) is 4.79 Å². The second kappa shape index (κ2) is 15.9. The van der Waals surface area contributed by atoms with Crippen LogP contribution >= 0.6 is 0 Å². The molecule has 0 saturated carbocycles. The highest BCUT2D eigenvalue weighted by Gasteiger charge is 2.43. The first-order chi connectivity index (χ1) is 15.8. The van der Waals surface area contributed by atoms with Gasteiger partial charge < -0.3 is 24.4 Å². The Hall–Kier alpha value is -1.79. The number of methoxy groups -OCH3 is 1. The third-order valence-electron chi connectivity index (χ3n) is 6.58. The van der Waals surface area contributed by atoms with Crippen LogP contribution in [0.4, 0.5) is 0 Å². The molecular formula is C27H46O6. The fraction of sp³-hybridized carbons (Fsp3) is 0.741. The fourth-order valence-corrected chi connectivity index (χ4v) is 4.52. The van der Waals surface area contributed by atoms with E-state index in [4.69, 9.17) is 19.3 Å². The van der Waals surface area contributed by atoms with Gasteiger partial charge >= 0.3 is 5.97 Å². The van der Waals surface area contributed by atoms with Crippen molar-refractivity contribution in [2.24, 2.45) is 17.3 Å². The second-order valence-corrected chi connectivity index (χ2v) is 9.47. The van der Waals surface area contributed by atoms with E-state index in [-0.39, 0.29) is 18.4 Å². The summed E-state index contributed by atoms with van der Waals surface area (Å²) in [5.41, 5.74) is 0.566. The average molecular weight is 467 g/mol. The maximum atomic E-state index is 12.0. The summed E-state index contributed by atoms with van der Waals surface area (Å²) in [7, 11) is 1.68. The molecule has 1 aromatic rings. The molecule has 0 atom stereocenters. The van der Waals surface area contributed by atoms with Crippen molar-refractivity contribution in [1.82, 2.24) is 0 Å². The summed E-state index contributed by atoms with van der Waals surface area (Å²) >= 11 is 0. The van der Waals surface area contributed by atoms with Crippen molar-refractivity contribution in [2.75, 3.05) is 33.5 Å². The Morgan fingerprint density at radius 3 is 2.12 bits per heavy atom. The van der Waals surface area contributed by atoms with Gasteiger partial charge in [0.25, 0.3) is 0 Å². The molecule has 6 heteroatoms. The Balaban J connectivity index is 2.57. The largest absolute Gasteiger partial charge is 0.490 e. The lowest BCUT2D eigenvalue weighted by atomic mass is 9.66. The van der Waals surface area contributed by atoms with Crippen molar-refractivity contribution in [3.8, 4) is 11.5 Å². The molecule has 0 spiro atoms. The number of aliphatic hydroxyl groups excluding tert-OH is 1. The number of carboxylic acids is 1. The van der Waals surface area contributed by atoms with Gasteiger partial charge in [0.15, 0.2) is 11.5 Å². The zero-order valence-electron chi connectivity index (χ0n) is 21.4. The van der Waals surface area contributed by atoms with Gasteiger partial charge in [-0.15, -0.1) is 0 Å². The quantitative estimate of drug-likeness (QED) is 0.253. The monoisotopic (exact) mass is 466 g/mol. The molecule has 2 N–H and O–H groups in total. The van der Waals surface area contributed by atoms with Crippen molar-refractivity contribution in [1.29, 1.82) is 0 Å². The molecular weight excluding hydrogens is 420 g/mol. The summed E-state index contributed by atoms with van der Waals surface area (Å²) < 4.78 is 16.8. The Bertz CT molecular complexity index is 663. The molecule has 0 aromatic heterocycles.